The van der Waals surface area contributed by atoms with E-state index in [0.29, 0.717) is 80.8 Å². The predicted octanol–water partition coefficient (Wildman–Crippen LogP) is 8.49. The van der Waals surface area contributed by atoms with Crippen LogP contribution in [0.5, 0.6) is 0 Å². The van der Waals surface area contributed by atoms with E-state index in [1.807, 2.05) is 102 Å². The van der Waals surface area contributed by atoms with Gasteiger partial charge >= 0.3 is 0 Å². The molecule has 4 aliphatic rings. The second-order valence-electron chi connectivity index (χ2n) is 29.6. The van der Waals surface area contributed by atoms with Gasteiger partial charge in [-0.1, -0.05) is 95.5 Å². The summed E-state index contributed by atoms with van der Waals surface area (Å²) in [6.45, 7) is 15.7. The molecule has 5 N–H and O–H groups in total. The lowest BCUT2D eigenvalue weighted by Gasteiger charge is -2.41. The SMILES string of the molecule is CC(C)(C)OC=O.CC(C)(C)OC=O.O=C(CC1CCNCC1)[C@@H]1CC[C@@H](NOCc2ccccc2)C[NH+]1c1ccc(S(=O)(=O)[O-])cc1.O=C(NC1CCNCC1)[C@@H]1CC[C@@H](N(OCc2ccccc2)S(=O)(=O)c2ccc([N+](=O)[O-])cc2)CN1S(=O)(=O)c1ccc([N+](=O)[O-])cc1.O=[N+]([O-])c1ccc(S(=O)(=O)COCc2ccccc2)cc1. The predicted molar refractivity (Wildman–Crippen MR) is 428 cm³/mol. The summed E-state index contributed by atoms with van der Waals surface area (Å²) in [4.78, 5) is 88.9. The van der Waals surface area contributed by atoms with Crippen molar-refractivity contribution >= 4 is 87.4 Å². The smallest absolute Gasteiger partial charge is 0.293 e. The molecule has 4 aliphatic heterocycles. The summed E-state index contributed by atoms with van der Waals surface area (Å²) in [5.74, 6) is -0.348. The standard InChI is InChI=1S/C30H34N6O10S2.C25H33N3O5S.C14H13NO5S.2C5H10O2/c37-30(32-23-16-18-31-19-17-23)29-15-10-26(20-33(29)47(42,43)27-11-6-24(7-12-27)34(38)39)36(46-21-22-4-2-1-3-5-22)48(44,45)28-13-8-25(9-14-28)35(40)41;29-25(16-19-12-14-26-15-13-19)24-11-6-21(27-33-18-20-4-2-1-3-5-20)17-28(24)22-7-9-23(10-8-22)34(30,31)32;16-15(17)13-6-8-14(9-7-13)21(18,19)11-20-10-12-4-2-1-3-5-12;2*1-5(2,3)7-4-6/h1-9,11-14,23,26,29,31H,10,15-21H2,(H,32,37);1-5,7-10,19,21,24,26-27H,6,11-18H2,(H,30,31,32);1-9H,10-11H2;2*4H,1-3H3/t26-,29+;21-,24+;;;/m11.../s1. The number of Topliss-reactive ketones (excluding diaryl/α,β-unsaturated/α-hetero) is 1. The van der Waals surface area contributed by atoms with Gasteiger partial charge in [0.2, 0.25) is 25.8 Å². The van der Waals surface area contributed by atoms with Crippen molar-refractivity contribution in [2.45, 2.75) is 180 Å². The number of nitrogens with one attached hydrogen (secondary N) is 5. The Labute approximate surface area is 681 Å². The molecular formula is C79H100N10O24S4. The first-order valence-corrected chi connectivity index (χ1v) is 43.4. The number of benzene rings is 7. The number of sulfonamides is 2. The van der Waals surface area contributed by atoms with Gasteiger partial charge in [-0.2, -0.15) is 9.79 Å². The summed E-state index contributed by atoms with van der Waals surface area (Å²) in [5, 5.41) is 42.4. The van der Waals surface area contributed by atoms with E-state index in [1.54, 1.807) is 42.5 Å². The van der Waals surface area contributed by atoms with Crippen molar-refractivity contribution in [2.24, 2.45) is 5.92 Å². The van der Waals surface area contributed by atoms with Gasteiger partial charge in [0.15, 0.2) is 17.8 Å². The third-order valence-electron chi connectivity index (χ3n) is 18.7. The van der Waals surface area contributed by atoms with E-state index in [9.17, 15) is 87.7 Å². The number of hydrogen-bond donors (Lipinski definition) is 5. The van der Waals surface area contributed by atoms with Crippen LogP contribution in [0.25, 0.3) is 0 Å². The van der Waals surface area contributed by atoms with E-state index in [2.05, 4.69) is 30.9 Å². The molecule has 634 valence electrons. The summed E-state index contributed by atoms with van der Waals surface area (Å²) in [5.41, 5.74) is 5.08. The summed E-state index contributed by atoms with van der Waals surface area (Å²) >= 11 is 0. The zero-order valence-electron chi connectivity index (χ0n) is 65.6. The molecule has 1 unspecified atom stereocenters. The van der Waals surface area contributed by atoms with Crippen molar-refractivity contribution in [3.63, 3.8) is 0 Å². The number of ether oxygens (including phenoxy) is 3. The molecule has 117 heavy (non-hydrogen) atoms. The van der Waals surface area contributed by atoms with Crippen LogP contribution in [0.3, 0.4) is 0 Å². The molecule has 0 aromatic heterocycles. The summed E-state index contributed by atoms with van der Waals surface area (Å²) in [6, 6.07) is 44.2. The normalized spacial score (nSPS) is 18.3. The van der Waals surface area contributed by atoms with Crippen LogP contribution in [0, 0.1) is 36.3 Å². The Morgan fingerprint density at radius 2 is 0.983 bits per heavy atom. The average molecular weight is 1700 g/mol. The van der Waals surface area contributed by atoms with Crippen molar-refractivity contribution < 1.29 is 101 Å². The third-order valence-corrected chi connectivity index (χ3v) is 24.6. The molecule has 0 aliphatic carbocycles. The van der Waals surface area contributed by atoms with E-state index in [-0.39, 0.29) is 97.8 Å². The van der Waals surface area contributed by atoms with Crippen LogP contribution in [-0.4, -0.2) is 173 Å². The number of amides is 1. The molecule has 7 aromatic carbocycles. The highest BCUT2D eigenvalue weighted by Crippen LogP contribution is 2.34. The quantitative estimate of drug-likeness (QED) is 0.0127. The highest BCUT2D eigenvalue weighted by Gasteiger charge is 2.47. The lowest BCUT2D eigenvalue weighted by molar-refractivity contribution is -0.858. The second-order valence-corrected chi connectivity index (χ2v) is 36.6. The maximum Gasteiger partial charge on any atom is 0.293 e. The van der Waals surface area contributed by atoms with Crippen molar-refractivity contribution in [3.05, 3.63) is 235 Å². The molecule has 4 heterocycles. The number of hydroxylamine groups is 2. The van der Waals surface area contributed by atoms with Crippen LogP contribution in [0.1, 0.15) is 116 Å². The molecule has 0 radical (unpaired) electrons. The van der Waals surface area contributed by atoms with Crippen LogP contribution in [-0.2, 0) is 103 Å². The number of nitrogens with zero attached hydrogens (tertiary/aromatic N) is 5. The third kappa shape index (κ3) is 30.6. The number of nitro benzene ring substituents is 3. The van der Waals surface area contributed by atoms with E-state index >= 15 is 0 Å². The molecular weight excluding hydrogens is 1600 g/mol. The molecule has 1 amide bonds. The molecule has 0 spiro atoms. The number of carbonyl (C=O) groups excluding carboxylic acids is 4. The number of rotatable bonds is 29. The molecule has 11 rings (SSSR count). The van der Waals surface area contributed by atoms with Gasteiger partial charge in [0.25, 0.3) is 40.0 Å². The number of piperidine rings is 4. The van der Waals surface area contributed by atoms with Crippen LogP contribution in [0.4, 0.5) is 22.7 Å². The molecule has 5 atom stereocenters. The zero-order chi connectivity index (χ0) is 85.6. The van der Waals surface area contributed by atoms with Gasteiger partial charge in [0.05, 0.1) is 66.3 Å². The first kappa shape index (κ1) is 94.4. The summed E-state index contributed by atoms with van der Waals surface area (Å²) in [6.07, 6.45) is 5.37. The average Bonchev–Trinajstić information content (AvgIpc) is 0.759. The largest absolute Gasteiger partial charge is 0.744 e. The van der Waals surface area contributed by atoms with Gasteiger partial charge in [0, 0.05) is 74.0 Å². The first-order valence-electron chi connectivity index (χ1n) is 37.5. The lowest BCUT2D eigenvalue weighted by atomic mass is 9.87. The number of ketones is 1. The molecule has 38 heteroatoms. The van der Waals surface area contributed by atoms with Gasteiger partial charge in [0.1, 0.15) is 39.6 Å². The fraction of sp³-hybridized carbons (Fsp3) is 0.418. The van der Waals surface area contributed by atoms with Crippen LogP contribution in [0.15, 0.2) is 208 Å². The Hall–Kier alpha value is -9.78. The fourth-order valence-electron chi connectivity index (χ4n) is 12.7. The van der Waals surface area contributed by atoms with E-state index in [4.69, 9.17) is 14.4 Å². The Bertz CT molecular complexity index is 4810. The topological polar surface area (TPSA) is 463 Å². The molecule has 7 aromatic rings. The number of sulfone groups is 1. The number of carbonyl (C=O) groups is 4. The first-order chi connectivity index (χ1) is 55.4. The minimum absolute atomic E-state index is 0.00108. The minimum atomic E-state index is -4.54. The zero-order valence-corrected chi connectivity index (χ0v) is 68.9. The fourth-order valence-corrected chi connectivity index (χ4v) is 17.2. The molecule has 4 saturated heterocycles. The van der Waals surface area contributed by atoms with Crippen LogP contribution in [0.2, 0.25) is 0 Å². The van der Waals surface area contributed by atoms with E-state index < -0.39 is 85.2 Å². The van der Waals surface area contributed by atoms with Gasteiger partial charge in [-0.3, -0.25) is 64.1 Å². The summed E-state index contributed by atoms with van der Waals surface area (Å²) in [7, 11) is -17.2. The lowest BCUT2D eigenvalue weighted by Crippen LogP contribution is -3.15. The van der Waals surface area contributed by atoms with Crippen molar-refractivity contribution in [2.75, 3.05) is 45.2 Å². The van der Waals surface area contributed by atoms with E-state index in [1.165, 1.54) is 24.3 Å². The van der Waals surface area contributed by atoms with Gasteiger partial charge in [-0.15, -0.1) is 0 Å². The number of hydrogen-bond acceptors (Lipinski definition) is 27. The molecule has 4 fully saturated rings. The number of quaternary nitrogens is 1. The monoisotopic (exact) mass is 1700 g/mol. The molecule has 0 bridgehead atoms. The number of nitro groups is 3. The van der Waals surface area contributed by atoms with Crippen LogP contribution >= 0.6 is 0 Å². The molecule has 34 nitrogen and oxygen atoms in total. The van der Waals surface area contributed by atoms with Gasteiger partial charge < -0.3 is 34.7 Å². The van der Waals surface area contributed by atoms with Crippen molar-refractivity contribution in [1.82, 2.24) is 30.2 Å². The maximum atomic E-state index is 14.1. The van der Waals surface area contributed by atoms with Crippen molar-refractivity contribution in [3.8, 4) is 0 Å². The highest BCUT2D eigenvalue weighted by molar-refractivity contribution is 7.91. The van der Waals surface area contributed by atoms with E-state index in [0.717, 1.165) is 119 Å². The number of non-ortho nitro benzene ring substituents is 3. The Kier molecular flexibility index (Phi) is 36.0. The van der Waals surface area contributed by atoms with Crippen LogP contribution < -0.4 is 26.3 Å². The van der Waals surface area contributed by atoms with Crippen molar-refractivity contribution in [1.29, 1.82) is 0 Å². The summed E-state index contributed by atoms with van der Waals surface area (Å²) < 4.78 is 130. The van der Waals surface area contributed by atoms with Gasteiger partial charge in [-0.05, 0) is 184 Å². The second kappa shape index (κ2) is 44.7. The Morgan fingerprint density at radius 1 is 0.538 bits per heavy atom. The highest BCUT2D eigenvalue weighted by atomic mass is 32.2. The van der Waals surface area contributed by atoms with Gasteiger partial charge in [-0.25, -0.2) is 33.7 Å². The Balaban J connectivity index is 0.000000236. The minimum Gasteiger partial charge on any atom is -0.744 e. The molecule has 0 saturated carbocycles. The maximum absolute atomic E-state index is 14.1. The Morgan fingerprint density at radius 3 is 1.44 bits per heavy atom.